The van der Waals surface area contributed by atoms with Crippen LogP contribution in [0.5, 0.6) is 0 Å². The predicted octanol–water partition coefficient (Wildman–Crippen LogP) is 4.31. The molecular formula is C37H60O9. The highest BCUT2D eigenvalue weighted by atomic mass is 16.6. The van der Waals surface area contributed by atoms with Crippen molar-refractivity contribution in [1.29, 1.82) is 0 Å². The number of aliphatic hydroxyl groups is 5. The number of hydrogen-bond donors (Lipinski definition) is 5. The highest BCUT2D eigenvalue weighted by Gasteiger charge is 2.75. The molecule has 13 atom stereocenters. The van der Waals surface area contributed by atoms with Crippen LogP contribution >= 0.6 is 0 Å². The van der Waals surface area contributed by atoms with Gasteiger partial charge in [0.2, 0.25) is 5.60 Å². The third-order valence-corrected chi connectivity index (χ3v) is 15.2. The van der Waals surface area contributed by atoms with Gasteiger partial charge in [-0.1, -0.05) is 67.0 Å². The molecule has 0 aromatic heterocycles. The second-order valence-corrected chi connectivity index (χ2v) is 17.9. The third kappa shape index (κ3) is 4.43. The molecule has 9 nitrogen and oxygen atoms in total. The van der Waals surface area contributed by atoms with Crippen molar-refractivity contribution in [3.63, 3.8) is 0 Å². The molecule has 4 fully saturated rings. The fourth-order valence-electron chi connectivity index (χ4n) is 11.9. The molecule has 5 rings (SSSR count). The summed E-state index contributed by atoms with van der Waals surface area (Å²) in [6.07, 6.45) is 0.966. The molecule has 262 valence electrons. The molecule has 0 heterocycles. The molecule has 0 amide bonds. The summed E-state index contributed by atoms with van der Waals surface area (Å²) in [5, 5.41) is 58.9. The van der Waals surface area contributed by atoms with Gasteiger partial charge >= 0.3 is 11.9 Å². The number of fused-ring (bicyclic) bond motifs is 7. The fraction of sp³-hybridized carbons (Fsp3) is 0.892. The van der Waals surface area contributed by atoms with Gasteiger partial charge in [0, 0.05) is 12.3 Å². The maximum atomic E-state index is 13.7. The minimum absolute atomic E-state index is 0.0849. The molecule has 5 aliphatic rings. The number of carbonyl (C=O) groups is 2. The monoisotopic (exact) mass is 648 g/mol. The van der Waals surface area contributed by atoms with Gasteiger partial charge in [0.1, 0.15) is 6.10 Å². The molecule has 0 bridgehead atoms. The molecule has 0 aromatic rings. The van der Waals surface area contributed by atoms with Crippen LogP contribution in [0.1, 0.15) is 114 Å². The molecule has 5 aliphatic carbocycles. The topological polar surface area (TPSA) is 154 Å². The summed E-state index contributed by atoms with van der Waals surface area (Å²) in [5.41, 5.74) is -4.66. The van der Waals surface area contributed by atoms with E-state index in [4.69, 9.17) is 9.47 Å². The Bertz CT molecular complexity index is 1280. The first-order chi connectivity index (χ1) is 21.1. The fourth-order valence-corrected chi connectivity index (χ4v) is 11.9. The first-order valence-corrected chi connectivity index (χ1v) is 17.5. The number of rotatable bonds is 5. The van der Waals surface area contributed by atoms with Crippen molar-refractivity contribution in [3.8, 4) is 0 Å². The van der Waals surface area contributed by atoms with Crippen molar-refractivity contribution >= 4 is 11.9 Å². The number of hydrogen-bond acceptors (Lipinski definition) is 9. The van der Waals surface area contributed by atoms with E-state index in [-0.39, 0.29) is 29.3 Å². The number of carbonyl (C=O) groups excluding carboxylic acids is 2. The molecule has 6 unspecified atom stereocenters. The van der Waals surface area contributed by atoms with Crippen LogP contribution in [0.15, 0.2) is 11.6 Å². The van der Waals surface area contributed by atoms with Gasteiger partial charge in [0.25, 0.3) is 0 Å². The third-order valence-electron chi connectivity index (χ3n) is 15.2. The van der Waals surface area contributed by atoms with E-state index in [1.54, 1.807) is 6.92 Å². The summed E-state index contributed by atoms with van der Waals surface area (Å²) >= 11 is 0. The summed E-state index contributed by atoms with van der Waals surface area (Å²) < 4.78 is 11.5. The SMILES string of the molecule is CCC(C)(OC(C)=O)C(=O)OC1C(O)C(C)(C)C[C@H]2C3=CC[C@@H]4[C@@]5(C)CCC(O)C(C)(C)[C@@H]5CC[C@@]4(C)[C@]3(C)C(O)C(O)[C@@]12CO. The van der Waals surface area contributed by atoms with Gasteiger partial charge in [-0.2, -0.15) is 0 Å². The summed E-state index contributed by atoms with van der Waals surface area (Å²) in [7, 11) is 0. The Morgan fingerprint density at radius 1 is 0.935 bits per heavy atom. The lowest BCUT2D eigenvalue weighted by molar-refractivity contribution is -0.293. The van der Waals surface area contributed by atoms with Gasteiger partial charge in [-0.25, -0.2) is 4.79 Å². The van der Waals surface area contributed by atoms with Crippen molar-refractivity contribution in [2.75, 3.05) is 6.61 Å². The zero-order chi connectivity index (χ0) is 34.6. The normalized spacial score (nSPS) is 48.7. The second kappa shape index (κ2) is 11.0. The van der Waals surface area contributed by atoms with Crippen molar-refractivity contribution in [2.45, 2.75) is 150 Å². The van der Waals surface area contributed by atoms with Crippen molar-refractivity contribution in [1.82, 2.24) is 0 Å². The van der Waals surface area contributed by atoms with Crippen molar-refractivity contribution < 1.29 is 44.6 Å². The molecule has 9 heteroatoms. The van der Waals surface area contributed by atoms with Crippen LogP contribution in [-0.2, 0) is 19.1 Å². The van der Waals surface area contributed by atoms with Crippen LogP contribution in [0.3, 0.4) is 0 Å². The Balaban J connectivity index is 1.64. The maximum absolute atomic E-state index is 13.7. The lowest BCUT2D eigenvalue weighted by Crippen LogP contribution is -2.76. The minimum Gasteiger partial charge on any atom is -0.456 e. The van der Waals surface area contributed by atoms with Crippen LogP contribution in [0.4, 0.5) is 0 Å². The first kappa shape index (κ1) is 35.8. The van der Waals surface area contributed by atoms with E-state index >= 15 is 0 Å². The van der Waals surface area contributed by atoms with Crippen LogP contribution in [0, 0.1) is 50.2 Å². The Hall–Kier alpha value is -1.52. The molecule has 46 heavy (non-hydrogen) atoms. The molecule has 5 N–H and O–H groups in total. The summed E-state index contributed by atoms with van der Waals surface area (Å²) in [6.45, 7) is 18.6. The molecule has 0 aliphatic heterocycles. The lowest BCUT2D eigenvalue weighted by atomic mass is 9.32. The van der Waals surface area contributed by atoms with Gasteiger partial charge in [0.15, 0.2) is 0 Å². The zero-order valence-electron chi connectivity index (χ0n) is 29.7. The molecule has 4 saturated carbocycles. The van der Waals surface area contributed by atoms with E-state index in [9.17, 15) is 35.1 Å². The number of ether oxygens (including phenoxy) is 2. The van der Waals surface area contributed by atoms with E-state index in [0.29, 0.717) is 12.3 Å². The Morgan fingerprint density at radius 2 is 1.57 bits per heavy atom. The Morgan fingerprint density at radius 3 is 2.13 bits per heavy atom. The Labute approximate surface area is 275 Å². The molecule has 0 radical (unpaired) electrons. The van der Waals surface area contributed by atoms with E-state index in [2.05, 4.69) is 40.7 Å². The van der Waals surface area contributed by atoms with Gasteiger partial charge in [-0.3, -0.25) is 4.79 Å². The van der Waals surface area contributed by atoms with Gasteiger partial charge < -0.3 is 35.0 Å². The number of esters is 2. The van der Waals surface area contributed by atoms with Gasteiger partial charge in [-0.15, -0.1) is 0 Å². The first-order valence-electron chi connectivity index (χ1n) is 17.5. The summed E-state index contributed by atoms with van der Waals surface area (Å²) in [5.74, 6) is -1.54. The van der Waals surface area contributed by atoms with Crippen LogP contribution in [0.2, 0.25) is 0 Å². The van der Waals surface area contributed by atoms with Gasteiger partial charge in [-0.05, 0) is 91.3 Å². The standard InChI is InChI=1S/C37H60O9/c1-11-35(9,46-20(2)39)30(44)45-29-28(43)31(3,4)18-22-21-12-13-24-33(7)16-15-25(40)32(5,6)23(33)14-17-34(24,8)36(21,10)26(41)27(42)37(22,29)19-38/h12,22-29,38,40-43H,11,13-19H2,1-10H3/t22-,23-,24+,25?,26?,27?,28?,29?,33-,34+,35?,36-,37-/m0/s1. The zero-order valence-corrected chi connectivity index (χ0v) is 29.7. The maximum Gasteiger partial charge on any atom is 0.350 e. The quantitative estimate of drug-likeness (QED) is 0.217. The molecule has 0 spiro atoms. The van der Waals surface area contributed by atoms with Crippen LogP contribution in [-0.4, -0.2) is 80.2 Å². The lowest BCUT2D eigenvalue weighted by Gasteiger charge is -2.73. The molecule has 0 saturated heterocycles. The van der Waals surface area contributed by atoms with Crippen molar-refractivity contribution in [2.24, 2.45) is 50.2 Å². The van der Waals surface area contributed by atoms with Gasteiger partial charge in [0.05, 0.1) is 36.4 Å². The number of allylic oxidation sites excluding steroid dienone is 1. The average Bonchev–Trinajstić information content (AvgIpc) is 2.96. The highest BCUT2D eigenvalue weighted by molar-refractivity contribution is 5.82. The second-order valence-electron chi connectivity index (χ2n) is 17.9. The minimum atomic E-state index is -1.63. The van der Waals surface area contributed by atoms with Crippen molar-refractivity contribution in [3.05, 3.63) is 11.6 Å². The summed E-state index contributed by atoms with van der Waals surface area (Å²) in [4.78, 5) is 25.7. The predicted molar refractivity (Wildman–Crippen MR) is 172 cm³/mol. The highest BCUT2D eigenvalue weighted by Crippen LogP contribution is 2.75. The Kier molecular flexibility index (Phi) is 8.55. The average molecular weight is 649 g/mol. The van der Waals surface area contributed by atoms with Crippen LogP contribution < -0.4 is 0 Å². The van der Waals surface area contributed by atoms with E-state index in [1.165, 1.54) is 13.8 Å². The van der Waals surface area contributed by atoms with E-state index in [0.717, 1.165) is 37.7 Å². The largest absolute Gasteiger partial charge is 0.456 e. The smallest absolute Gasteiger partial charge is 0.350 e. The summed E-state index contributed by atoms with van der Waals surface area (Å²) in [6, 6.07) is 0. The van der Waals surface area contributed by atoms with Crippen LogP contribution in [0.25, 0.3) is 0 Å². The van der Waals surface area contributed by atoms with E-state index in [1.807, 2.05) is 13.8 Å². The van der Waals surface area contributed by atoms with E-state index < -0.39 is 76.1 Å². The molecule has 0 aromatic carbocycles. The molecular weight excluding hydrogens is 588 g/mol. The number of aliphatic hydroxyl groups excluding tert-OH is 5.